The topological polar surface area (TPSA) is 48.1 Å². The van der Waals surface area contributed by atoms with Crippen LogP contribution < -0.4 is 5.32 Å². The van der Waals surface area contributed by atoms with E-state index in [2.05, 4.69) is 33.2 Å². The molecule has 0 radical (unpaired) electrons. The van der Waals surface area contributed by atoms with E-state index in [1.54, 1.807) is 6.20 Å². The molecule has 1 fully saturated rings. The van der Waals surface area contributed by atoms with Gasteiger partial charge in [0.1, 0.15) is 5.69 Å². The van der Waals surface area contributed by atoms with E-state index in [4.69, 9.17) is 0 Å². The molecule has 18 heavy (non-hydrogen) atoms. The van der Waals surface area contributed by atoms with Gasteiger partial charge in [-0.1, -0.05) is 6.92 Å². The van der Waals surface area contributed by atoms with Gasteiger partial charge in [-0.3, -0.25) is 4.79 Å². The standard InChI is InChI=1S/C13H20BrN3O/c1-2-6-17(9-11-4-3-5-15-11)13(18)12-7-10(14)8-16-12/h7-8,11,15-16H,2-6,9H2,1H3. The number of hydrogen-bond acceptors (Lipinski definition) is 2. The van der Waals surface area contributed by atoms with Crippen LogP contribution in [-0.4, -0.2) is 41.5 Å². The summed E-state index contributed by atoms with van der Waals surface area (Å²) in [6, 6.07) is 2.30. The van der Waals surface area contributed by atoms with E-state index in [-0.39, 0.29) is 5.91 Å². The fourth-order valence-corrected chi connectivity index (χ4v) is 2.73. The molecule has 1 aliphatic rings. The highest BCUT2D eigenvalue weighted by atomic mass is 79.9. The Morgan fingerprint density at radius 3 is 3.00 bits per heavy atom. The second kappa shape index (κ2) is 6.38. The van der Waals surface area contributed by atoms with Crippen LogP contribution in [0.15, 0.2) is 16.7 Å². The summed E-state index contributed by atoms with van der Waals surface area (Å²) in [7, 11) is 0. The number of nitrogens with zero attached hydrogens (tertiary/aromatic N) is 1. The number of H-pyrrole nitrogens is 1. The van der Waals surface area contributed by atoms with Crippen molar-refractivity contribution in [2.24, 2.45) is 0 Å². The summed E-state index contributed by atoms with van der Waals surface area (Å²) in [4.78, 5) is 17.3. The zero-order valence-corrected chi connectivity index (χ0v) is 12.3. The van der Waals surface area contributed by atoms with Crippen molar-refractivity contribution in [1.82, 2.24) is 15.2 Å². The summed E-state index contributed by atoms with van der Waals surface area (Å²) >= 11 is 3.36. The largest absolute Gasteiger partial charge is 0.356 e. The Hall–Kier alpha value is -0.810. The lowest BCUT2D eigenvalue weighted by atomic mass is 10.2. The summed E-state index contributed by atoms with van der Waals surface area (Å²) in [6.07, 6.45) is 5.17. The summed E-state index contributed by atoms with van der Waals surface area (Å²) < 4.78 is 0.918. The molecule has 0 bridgehead atoms. The minimum absolute atomic E-state index is 0.0938. The lowest BCUT2D eigenvalue weighted by Gasteiger charge is -2.25. The Bertz CT molecular complexity index is 399. The van der Waals surface area contributed by atoms with Gasteiger partial charge >= 0.3 is 0 Å². The van der Waals surface area contributed by atoms with Crippen LogP contribution in [0.25, 0.3) is 0 Å². The van der Waals surface area contributed by atoms with Gasteiger partial charge in [0, 0.05) is 29.8 Å². The smallest absolute Gasteiger partial charge is 0.270 e. The first-order valence-corrected chi connectivity index (χ1v) is 7.36. The molecule has 0 spiro atoms. The number of carbonyl (C=O) groups is 1. The molecule has 1 unspecified atom stereocenters. The van der Waals surface area contributed by atoms with Crippen molar-refractivity contribution in [3.05, 3.63) is 22.4 Å². The molecule has 1 aliphatic heterocycles. The maximum Gasteiger partial charge on any atom is 0.270 e. The third-order valence-corrected chi connectivity index (χ3v) is 3.72. The average molecular weight is 314 g/mol. The molecule has 100 valence electrons. The number of nitrogens with one attached hydrogen (secondary N) is 2. The van der Waals surface area contributed by atoms with Crippen molar-refractivity contribution >= 4 is 21.8 Å². The fraction of sp³-hybridized carbons (Fsp3) is 0.615. The predicted molar refractivity (Wildman–Crippen MR) is 75.7 cm³/mol. The number of aromatic nitrogens is 1. The normalized spacial score (nSPS) is 19.1. The van der Waals surface area contributed by atoms with Crippen LogP contribution in [0.4, 0.5) is 0 Å². The number of rotatable bonds is 5. The van der Waals surface area contributed by atoms with Crippen molar-refractivity contribution < 1.29 is 4.79 Å². The third kappa shape index (κ3) is 3.36. The molecule has 0 aliphatic carbocycles. The van der Waals surface area contributed by atoms with Crippen molar-refractivity contribution in [2.45, 2.75) is 32.2 Å². The number of halogens is 1. The number of carbonyl (C=O) groups excluding carboxylic acids is 1. The van der Waals surface area contributed by atoms with Crippen molar-refractivity contribution in [3.63, 3.8) is 0 Å². The Balaban J connectivity index is 2.01. The first-order chi connectivity index (χ1) is 8.70. The van der Waals surface area contributed by atoms with Crippen LogP contribution >= 0.6 is 15.9 Å². The molecule has 1 amide bonds. The minimum Gasteiger partial charge on any atom is -0.356 e. The first-order valence-electron chi connectivity index (χ1n) is 6.57. The predicted octanol–water partition coefficient (Wildman–Crippen LogP) is 2.38. The molecular formula is C13H20BrN3O. The summed E-state index contributed by atoms with van der Waals surface area (Å²) in [6.45, 7) is 4.80. The highest BCUT2D eigenvalue weighted by Crippen LogP contribution is 2.14. The van der Waals surface area contributed by atoms with Crippen LogP contribution in [0.3, 0.4) is 0 Å². The molecule has 2 N–H and O–H groups in total. The Kier molecular flexibility index (Phi) is 4.83. The molecule has 5 heteroatoms. The van der Waals surface area contributed by atoms with Gasteiger partial charge in [0.05, 0.1) is 0 Å². The van der Waals surface area contributed by atoms with Crippen molar-refractivity contribution in [3.8, 4) is 0 Å². The molecule has 4 nitrogen and oxygen atoms in total. The van der Waals surface area contributed by atoms with E-state index < -0.39 is 0 Å². The summed E-state index contributed by atoms with van der Waals surface area (Å²) in [5.41, 5.74) is 0.660. The van der Waals surface area contributed by atoms with Crippen molar-refractivity contribution in [2.75, 3.05) is 19.6 Å². The van der Waals surface area contributed by atoms with E-state index in [0.717, 1.165) is 30.5 Å². The van der Waals surface area contributed by atoms with Gasteiger partial charge in [0.2, 0.25) is 0 Å². The fourth-order valence-electron chi connectivity index (χ4n) is 2.39. The van der Waals surface area contributed by atoms with E-state index in [0.29, 0.717) is 11.7 Å². The monoisotopic (exact) mass is 313 g/mol. The molecule has 0 saturated carbocycles. The summed E-state index contributed by atoms with van der Waals surface area (Å²) in [5.74, 6) is 0.0938. The van der Waals surface area contributed by atoms with Crippen LogP contribution in [0.1, 0.15) is 36.7 Å². The van der Waals surface area contributed by atoms with Crippen LogP contribution in [-0.2, 0) is 0 Å². The van der Waals surface area contributed by atoms with Gasteiger partial charge < -0.3 is 15.2 Å². The lowest BCUT2D eigenvalue weighted by molar-refractivity contribution is 0.0736. The molecule has 2 heterocycles. The van der Waals surface area contributed by atoms with Gasteiger partial charge in [-0.25, -0.2) is 0 Å². The van der Waals surface area contributed by atoms with Crippen molar-refractivity contribution in [1.29, 1.82) is 0 Å². The third-order valence-electron chi connectivity index (χ3n) is 3.26. The van der Waals surface area contributed by atoms with Crippen LogP contribution in [0.5, 0.6) is 0 Å². The second-order valence-electron chi connectivity index (χ2n) is 4.78. The van der Waals surface area contributed by atoms with E-state index in [9.17, 15) is 4.79 Å². The van der Waals surface area contributed by atoms with Gasteiger partial charge in [0.15, 0.2) is 0 Å². The number of aromatic amines is 1. The van der Waals surface area contributed by atoms with E-state index in [1.807, 2.05) is 11.0 Å². The molecular weight excluding hydrogens is 294 g/mol. The van der Waals surface area contributed by atoms with E-state index in [1.165, 1.54) is 12.8 Å². The summed E-state index contributed by atoms with van der Waals surface area (Å²) in [5, 5.41) is 3.44. The Labute approximate surface area is 116 Å². The zero-order valence-electron chi connectivity index (χ0n) is 10.7. The second-order valence-corrected chi connectivity index (χ2v) is 5.69. The van der Waals surface area contributed by atoms with Gasteiger partial charge in [-0.15, -0.1) is 0 Å². The van der Waals surface area contributed by atoms with E-state index >= 15 is 0 Å². The molecule has 1 aromatic rings. The molecule has 1 aromatic heterocycles. The number of hydrogen-bond donors (Lipinski definition) is 2. The van der Waals surface area contributed by atoms with Gasteiger partial charge in [-0.2, -0.15) is 0 Å². The average Bonchev–Trinajstić information content (AvgIpc) is 2.99. The Morgan fingerprint density at radius 1 is 1.61 bits per heavy atom. The molecule has 0 aromatic carbocycles. The molecule has 1 atom stereocenters. The lowest BCUT2D eigenvalue weighted by Crippen LogP contribution is -2.41. The highest BCUT2D eigenvalue weighted by Gasteiger charge is 2.22. The molecule has 1 saturated heterocycles. The first kappa shape index (κ1) is 13.6. The van der Waals surface area contributed by atoms with Gasteiger partial charge in [0.25, 0.3) is 5.91 Å². The zero-order chi connectivity index (χ0) is 13.0. The quantitative estimate of drug-likeness (QED) is 0.877. The Morgan fingerprint density at radius 2 is 2.44 bits per heavy atom. The number of amides is 1. The maximum absolute atomic E-state index is 12.4. The van der Waals surface area contributed by atoms with Crippen LogP contribution in [0.2, 0.25) is 0 Å². The molecule has 2 rings (SSSR count). The minimum atomic E-state index is 0.0938. The maximum atomic E-state index is 12.4. The van der Waals surface area contributed by atoms with Crippen LogP contribution in [0, 0.1) is 0 Å². The highest BCUT2D eigenvalue weighted by molar-refractivity contribution is 9.10. The van der Waals surface area contributed by atoms with Gasteiger partial charge in [-0.05, 0) is 47.8 Å². The SMILES string of the molecule is CCCN(CC1CCCN1)C(=O)c1cc(Br)c[nH]1.